The van der Waals surface area contributed by atoms with Crippen molar-refractivity contribution in [2.45, 2.75) is 33.4 Å². The molecule has 1 atom stereocenters. The molecule has 0 radical (unpaired) electrons. The maximum Gasteiger partial charge on any atom is 0.249 e. The highest BCUT2D eigenvalue weighted by molar-refractivity contribution is 9.10. The summed E-state index contributed by atoms with van der Waals surface area (Å²) < 4.78 is 4.46. The van der Waals surface area contributed by atoms with E-state index in [-0.39, 0.29) is 5.91 Å². The van der Waals surface area contributed by atoms with E-state index in [2.05, 4.69) is 31.4 Å². The molecule has 7 heteroatoms. The molecular weight excluding hydrogens is 382 g/mol. The number of aryl methyl sites for hydroxylation is 1. The third kappa shape index (κ3) is 3.82. The van der Waals surface area contributed by atoms with Gasteiger partial charge >= 0.3 is 0 Å². The van der Waals surface area contributed by atoms with E-state index in [1.807, 2.05) is 57.3 Å². The van der Waals surface area contributed by atoms with Gasteiger partial charge in [-0.25, -0.2) is 0 Å². The zero-order valence-electron chi connectivity index (χ0n) is 14.4. The van der Waals surface area contributed by atoms with Crippen molar-refractivity contribution in [1.29, 1.82) is 0 Å². The lowest BCUT2D eigenvalue weighted by molar-refractivity contribution is -0.119. The second-order valence-electron chi connectivity index (χ2n) is 6.01. The number of carbonyl (C=O) groups is 1. The van der Waals surface area contributed by atoms with Gasteiger partial charge in [-0.2, -0.15) is 10.2 Å². The maximum atomic E-state index is 12.5. The molecule has 1 N–H and O–H groups in total. The topological polar surface area (TPSA) is 64.7 Å². The normalized spacial score (nSPS) is 12.2. The summed E-state index contributed by atoms with van der Waals surface area (Å²) in [6, 6.07) is 9.65. The molecule has 0 bridgehead atoms. The van der Waals surface area contributed by atoms with Gasteiger partial charge in [0, 0.05) is 6.20 Å². The smallest absolute Gasteiger partial charge is 0.249 e. The second kappa shape index (κ2) is 7.23. The van der Waals surface area contributed by atoms with Gasteiger partial charge in [-0.05, 0) is 42.3 Å². The number of hydrogen-bond acceptors (Lipinski definition) is 3. The van der Waals surface area contributed by atoms with Crippen LogP contribution in [0.2, 0.25) is 0 Å². The number of nitrogens with zero attached hydrogens (tertiary/aromatic N) is 4. The number of nitrogens with one attached hydrogen (secondary N) is 1. The van der Waals surface area contributed by atoms with Crippen molar-refractivity contribution >= 4 is 27.5 Å². The average Bonchev–Trinajstić information content (AvgIpc) is 3.14. The van der Waals surface area contributed by atoms with Crippen molar-refractivity contribution in [2.75, 3.05) is 5.32 Å². The molecule has 1 aromatic carbocycles. The van der Waals surface area contributed by atoms with E-state index < -0.39 is 6.04 Å². The lowest BCUT2D eigenvalue weighted by Gasteiger charge is -2.13. The molecule has 2 heterocycles. The van der Waals surface area contributed by atoms with Crippen LogP contribution in [0.3, 0.4) is 0 Å². The Morgan fingerprint density at radius 3 is 2.64 bits per heavy atom. The molecule has 2 aromatic heterocycles. The number of aromatic nitrogens is 4. The second-order valence-corrected chi connectivity index (χ2v) is 6.80. The van der Waals surface area contributed by atoms with Gasteiger partial charge in [-0.3, -0.25) is 14.2 Å². The summed E-state index contributed by atoms with van der Waals surface area (Å²) in [5.41, 5.74) is 3.63. The summed E-state index contributed by atoms with van der Waals surface area (Å²) in [5.74, 6) is -0.127. The summed E-state index contributed by atoms with van der Waals surface area (Å²) in [6.07, 6.45) is 3.49. The highest BCUT2D eigenvalue weighted by Gasteiger charge is 2.20. The van der Waals surface area contributed by atoms with Gasteiger partial charge in [0.2, 0.25) is 5.91 Å². The van der Waals surface area contributed by atoms with Crippen LogP contribution < -0.4 is 5.32 Å². The van der Waals surface area contributed by atoms with E-state index in [9.17, 15) is 4.79 Å². The molecule has 3 aromatic rings. The van der Waals surface area contributed by atoms with E-state index in [0.29, 0.717) is 12.2 Å². The minimum Gasteiger partial charge on any atom is -0.322 e. The highest BCUT2D eigenvalue weighted by Crippen LogP contribution is 2.23. The van der Waals surface area contributed by atoms with Crippen molar-refractivity contribution < 1.29 is 4.79 Å². The first-order valence-electron chi connectivity index (χ1n) is 8.04. The Kier molecular flexibility index (Phi) is 5.03. The molecule has 0 saturated heterocycles. The largest absolute Gasteiger partial charge is 0.322 e. The Hall–Kier alpha value is -2.41. The zero-order valence-corrected chi connectivity index (χ0v) is 16.0. The predicted octanol–water partition coefficient (Wildman–Crippen LogP) is 3.71. The number of carbonyl (C=O) groups excluding carboxylic acids is 1. The van der Waals surface area contributed by atoms with Crippen LogP contribution in [0.1, 0.15) is 29.9 Å². The SMILES string of the molecule is Cc1nn(C(C)C(=O)Nc2cnn(Cc3ccccc3)c2)c(C)c1Br. The van der Waals surface area contributed by atoms with Crippen molar-refractivity contribution in [1.82, 2.24) is 19.6 Å². The number of rotatable bonds is 5. The molecule has 130 valence electrons. The molecule has 0 saturated carbocycles. The molecule has 0 aliphatic carbocycles. The third-order valence-corrected chi connectivity index (χ3v) is 5.22. The predicted molar refractivity (Wildman–Crippen MR) is 101 cm³/mol. The fourth-order valence-corrected chi connectivity index (χ4v) is 2.92. The monoisotopic (exact) mass is 401 g/mol. The Morgan fingerprint density at radius 2 is 2.00 bits per heavy atom. The van der Waals surface area contributed by atoms with Crippen LogP contribution in [0.15, 0.2) is 47.2 Å². The first-order chi connectivity index (χ1) is 12.0. The average molecular weight is 402 g/mol. The number of benzene rings is 1. The molecule has 6 nitrogen and oxygen atoms in total. The van der Waals surface area contributed by atoms with Crippen molar-refractivity contribution in [2.24, 2.45) is 0 Å². The fourth-order valence-electron chi connectivity index (χ4n) is 2.66. The quantitative estimate of drug-likeness (QED) is 0.708. The van der Waals surface area contributed by atoms with Gasteiger partial charge in [0.1, 0.15) is 6.04 Å². The Morgan fingerprint density at radius 1 is 1.28 bits per heavy atom. The van der Waals surface area contributed by atoms with Crippen molar-refractivity contribution in [3.63, 3.8) is 0 Å². The van der Waals surface area contributed by atoms with Gasteiger partial charge < -0.3 is 5.32 Å². The summed E-state index contributed by atoms with van der Waals surface area (Å²) in [6.45, 7) is 6.34. The lowest BCUT2D eigenvalue weighted by atomic mass is 10.2. The fraction of sp³-hybridized carbons (Fsp3) is 0.278. The van der Waals surface area contributed by atoms with Crippen LogP contribution in [0.5, 0.6) is 0 Å². The number of hydrogen-bond donors (Lipinski definition) is 1. The van der Waals surface area contributed by atoms with E-state index >= 15 is 0 Å². The summed E-state index contributed by atoms with van der Waals surface area (Å²) in [4.78, 5) is 12.5. The third-order valence-electron chi connectivity index (χ3n) is 4.07. The number of amides is 1. The van der Waals surface area contributed by atoms with Crippen LogP contribution in [-0.4, -0.2) is 25.5 Å². The molecular formula is C18H20BrN5O. The summed E-state index contributed by atoms with van der Waals surface area (Å²) in [7, 11) is 0. The Bertz CT molecular complexity index is 884. The van der Waals surface area contributed by atoms with Gasteiger partial charge in [0.25, 0.3) is 0 Å². The standard InChI is InChI=1S/C18H20BrN5O/c1-12-17(19)13(2)24(22-12)14(3)18(25)21-16-9-20-23(11-16)10-15-7-5-4-6-8-15/h4-9,11,14H,10H2,1-3H3,(H,21,25). The number of anilines is 1. The molecule has 3 rings (SSSR count). The highest BCUT2D eigenvalue weighted by atomic mass is 79.9. The van der Waals surface area contributed by atoms with Gasteiger partial charge in [-0.1, -0.05) is 30.3 Å². The first-order valence-corrected chi connectivity index (χ1v) is 8.83. The van der Waals surface area contributed by atoms with E-state index in [4.69, 9.17) is 0 Å². The van der Waals surface area contributed by atoms with E-state index in [1.165, 1.54) is 0 Å². The van der Waals surface area contributed by atoms with Crippen LogP contribution in [0.4, 0.5) is 5.69 Å². The molecule has 0 spiro atoms. The molecule has 1 unspecified atom stereocenters. The van der Waals surface area contributed by atoms with Crippen LogP contribution in [-0.2, 0) is 11.3 Å². The van der Waals surface area contributed by atoms with Gasteiger partial charge in [-0.15, -0.1) is 0 Å². The minimum atomic E-state index is -0.414. The minimum absolute atomic E-state index is 0.127. The molecule has 0 aliphatic heterocycles. The van der Waals surface area contributed by atoms with Gasteiger partial charge in [0.15, 0.2) is 0 Å². The summed E-state index contributed by atoms with van der Waals surface area (Å²) in [5, 5.41) is 11.6. The first kappa shape index (κ1) is 17.4. The molecule has 0 aliphatic rings. The van der Waals surface area contributed by atoms with E-state index in [1.54, 1.807) is 15.6 Å². The Balaban J connectivity index is 1.68. The summed E-state index contributed by atoms with van der Waals surface area (Å²) >= 11 is 3.49. The van der Waals surface area contributed by atoms with Crippen LogP contribution in [0, 0.1) is 13.8 Å². The Labute approximate surface area is 155 Å². The van der Waals surface area contributed by atoms with Gasteiger partial charge in [0.05, 0.1) is 34.3 Å². The zero-order chi connectivity index (χ0) is 18.0. The van der Waals surface area contributed by atoms with Crippen molar-refractivity contribution in [3.05, 3.63) is 64.1 Å². The molecule has 0 fully saturated rings. The van der Waals surface area contributed by atoms with E-state index in [0.717, 1.165) is 21.4 Å². The van der Waals surface area contributed by atoms with Crippen molar-refractivity contribution in [3.8, 4) is 0 Å². The number of halogens is 1. The lowest BCUT2D eigenvalue weighted by Crippen LogP contribution is -2.25. The molecule has 1 amide bonds. The maximum absolute atomic E-state index is 12.5. The van der Waals surface area contributed by atoms with Crippen LogP contribution in [0.25, 0.3) is 0 Å². The molecule has 25 heavy (non-hydrogen) atoms. The van der Waals surface area contributed by atoms with Crippen LogP contribution >= 0.6 is 15.9 Å².